The van der Waals surface area contributed by atoms with Crippen LogP contribution in [-0.4, -0.2) is 86.5 Å². The van der Waals surface area contributed by atoms with Gasteiger partial charge in [0.25, 0.3) is 0 Å². The first kappa shape index (κ1) is 21.6. The molecule has 0 aromatic heterocycles. The van der Waals surface area contributed by atoms with Crippen molar-refractivity contribution in [3.05, 3.63) is 0 Å². The van der Waals surface area contributed by atoms with E-state index >= 15 is 0 Å². The zero-order valence-corrected chi connectivity index (χ0v) is 15.3. The number of ether oxygens (including phenoxy) is 1. The summed E-state index contributed by atoms with van der Waals surface area (Å²) in [5.41, 5.74) is -0.757. The van der Waals surface area contributed by atoms with Crippen molar-refractivity contribution in [2.75, 3.05) is 13.2 Å². The molecule has 1 aliphatic rings. The van der Waals surface area contributed by atoms with Crippen LogP contribution in [0, 0.1) is 5.92 Å². The van der Waals surface area contributed by atoms with E-state index in [-0.39, 0.29) is 12.5 Å². The van der Waals surface area contributed by atoms with Crippen LogP contribution >= 0.6 is 0 Å². The molecule has 0 spiro atoms. The second-order valence-corrected chi connectivity index (χ2v) is 7.67. The summed E-state index contributed by atoms with van der Waals surface area (Å²) < 4.78 is 5.34. The van der Waals surface area contributed by atoms with Crippen molar-refractivity contribution in [1.82, 2.24) is 10.2 Å². The first-order chi connectivity index (χ1) is 11.4. The maximum Gasteiger partial charge on any atom is 0.411 e. The van der Waals surface area contributed by atoms with Crippen LogP contribution < -0.4 is 5.32 Å². The molecule has 9 heteroatoms. The molecule has 5 atom stereocenters. The number of piperazine rings is 1. The van der Waals surface area contributed by atoms with Gasteiger partial charge in [-0.1, -0.05) is 13.8 Å². The number of carbonyl (C=O) groups excluding carboxylic acids is 2. The predicted molar refractivity (Wildman–Crippen MR) is 88.6 cm³/mol. The van der Waals surface area contributed by atoms with Crippen molar-refractivity contribution in [3.8, 4) is 0 Å². The molecule has 9 nitrogen and oxygen atoms in total. The van der Waals surface area contributed by atoms with Gasteiger partial charge < -0.3 is 30.5 Å². The van der Waals surface area contributed by atoms with E-state index in [1.54, 1.807) is 34.6 Å². The molecule has 1 fully saturated rings. The molecule has 1 aliphatic heterocycles. The number of carbonyl (C=O) groups is 2. The van der Waals surface area contributed by atoms with Gasteiger partial charge in [-0.25, -0.2) is 4.79 Å². The summed E-state index contributed by atoms with van der Waals surface area (Å²) >= 11 is 0. The van der Waals surface area contributed by atoms with Crippen molar-refractivity contribution in [2.24, 2.45) is 5.92 Å². The lowest BCUT2D eigenvalue weighted by Gasteiger charge is -2.43. The van der Waals surface area contributed by atoms with Crippen LogP contribution in [0.15, 0.2) is 0 Å². The molecule has 0 bridgehead atoms. The number of aliphatic hydroxyl groups is 4. The molecular formula is C16H30N2O7. The maximum absolute atomic E-state index is 12.5. The molecule has 1 saturated heterocycles. The minimum absolute atomic E-state index is 0.0973. The van der Waals surface area contributed by atoms with Crippen molar-refractivity contribution >= 4 is 12.0 Å². The van der Waals surface area contributed by atoms with Crippen molar-refractivity contribution in [3.63, 3.8) is 0 Å². The minimum atomic E-state index is -1.67. The molecule has 1 rings (SSSR count). The molecule has 0 unspecified atom stereocenters. The van der Waals surface area contributed by atoms with Crippen LogP contribution in [-0.2, 0) is 9.53 Å². The Morgan fingerprint density at radius 2 is 1.88 bits per heavy atom. The second-order valence-electron chi connectivity index (χ2n) is 7.67. The lowest BCUT2D eigenvalue weighted by Crippen LogP contribution is -2.68. The normalized spacial score (nSPS) is 25.4. The first-order valence-corrected chi connectivity index (χ1v) is 8.34. The summed E-state index contributed by atoms with van der Waals surface area (Å²) in [6.45, 7) is 7.82. The molecule has 0 aromatic rings. The number of rotatable bonds is 5. The zero-order valence-electron chi connectivity index (χ0n) is 15.3. The van der Waals surface area contributed by atoms with Gasteiger partial charge in [0.2, 0.25) is 5.91 Å². The standard InChI is InChI=1S/C16H30N2O7/c1-8(2)11-14(23)17-9(12(21)13(22)10(20)7-19)6-18(11)15(24)25-16(3,4)5/h8-13,19-22H,6-7H2,1-5H3,(H,17,23)/t9-,10+,11-,12+,13+/m0/s1. The molecule has 0 aromatic carbocycles. The monoisotopic (exact) mass is 362 g/mol. The summed E-state index contributed by atoms with van der Waals surface area (Å²) in [6, 6.07) is -1.79. The van der Waals surface area contributed by atoms with E-state index in [0.29, 0.717) is 0 Å². The van der Waals surface area contributed by atoms with Gasteiger partial charge in [-0.3, -0.25) is 9.69 Å². The van der Waals surface area contributed by atoms with Gasteiger partial charge in [0.05, 0.1) is 12.6 Å². The molecule has 0 aliphatic carbocycles. The zero-order chi connectivity index (χ0) is 19.5. The Kier molecular flexibility index (Phi) is 7.18. The molecule has 1 heterocycles. The van der Waals surface area contributed by atoms with E-state index in [1.165, 1.54) is 4.90 Å². The van der Waals surface area contributed by atoms with Gasteiger partial charge in [0.15, 0.2) is 0 Å². The highest BCUT2D eigenvalue weighted by atomic mass is 16.6. The van der Waals surface area contributed by atoms with Crippen LogP contribution in [0.25, 0.3) is 0 Å². The fourth-order valence-corrected chi connectivity index (χ4v) is 2.72. The molecule has 0 radical (unpaired) electrons. The third-order valence-electron chi connectivity index (χ3n) is 3.93. The average molecular weight is 362 g/mol. The van der Waals surface area contributed by atoms with Gasteiger partial charge in [-0.15, -0.1) is 0 Å². The second kappa shape index (κ2) is 8.31. The summed E-state index contributed by atoms with van der Waals surface area (Å²) in [5.74, 6) is -0.680. The fraction of sp³-hybridized carbons (Fsp3) is 0.875. The molecule has 25 heavy (non-hydrogen) atoms. The Morgan fingerprint density at radius 1 is 1.32 bits per heavy atom. The van der Waals surface area contributed by atoms with Gasteiger partial charge in [-0.2, -0.15) is 0 Å². The quantitative estimate of drug-likeness (QED) is 0.415. The molecular weight excluding hydrogens is 332 g/mol. The first-order valence-electron chi connectivity index (χ1n) is 8.34. The Morgan fingerprint density at radius 3 is 2.32 bits per heavy atom. The Hall–Kier alpha value is -1.42. The van der Waals surface area contributed by atoms with Crippen LogP contribution in [0.2, 0.25) is 0 Å². The number of nitrogens with one attached hydrogen (secondary N) is 1. The van der Waals surface area contributed by atoms with Crippen molar-refractivity contribution in [2.45, 2.75) is 70.6 Å². The van der Waals surface area contributed by atoms with Gasteiger partial charge in [-0.05, 0) is 26.7 Å². The molecule has 146 valence electrons. The van der Waals surface area contributed by atoms with Crippen LogP contribution in [0.1, 0.15) is 34.6 Å². The number of aliphatic hydroxyl groups excluding tert-OH is 4. The highest BCUT2D eigenvalue weighted by Gasteiger charge is 2.44. The van der Waals surface area contributed by atoms with E-state index in [0.717, 1.165) is 0 Å². The van der Waals surface area contributed by atoms with Crippen molar-refractivity contribution in [1.29, 1.82) is 0 Å². The lowest BCUT2D eigenvalue weighted by molar-refractivity contribution is -0.139. The maximum atomic E-state index is 12.5. The predicted octanol–water partition coefficient (Wildman–Crippen LogP) is -1.18. The summed E-state index contributed by atoms with van der Waals surface area (Å²) in [5, 5.41) is 41.0. The SMILES string of the molecule is CC(C)[C@H]1C(=O)N[C@H]([C@@H](O)[C@H](O)[C@H](O)CO)CN1C(=O)OC(C)(C)C. The van der Waals surface area contributed by atoms with Crippen LogP contribution in [0.5, 0.6) is 0 Å². The van der Waals surface area contributed by atoms with Gasteiger partial charge in [0.1, 0.15) is 30.0 Å². The van der Waals surface area contributed by atoms with Crippen LogP contribution in [0.4, 0.5) is 4.79 Å². The van der Waals surface area contributed by atoms with E-state index in [4.69, 9.17) is 9.84 Å². The highest BCUT2D eigenvalue weighted by Crippen LogP contribution is 2.22. The average Bonchev–Trinajstić information content (AvgIpc) is 2.49. The molecule has 5 N–H and O–H groups in total. The summed E-state index contributed by atoms with van der Waals surface area (Å²) in [7, 11) is 0. The van der Waals surface area contributed by atoms with Crippen molar-refractivity contribution < 1.29 is 34.8 Å². The number of nitrogens with zero attached hydrogens (tertiary/aromatic N) is 1. The van der Waals surface area contributed by atoms with Crippen LogP contribution in [0.3, 0.4) is 0 Å². The van der Waals surface area contributed by atoms with E-state index in [9.17, 15) is 24.9 Å². The van der Waals surface area contributed by atoms with E-state index in [1.807, 2.05) is 0 Å². The smallest absolute Gasteiger partial charge is 0.411 e. The third kappa shape index (κ3) is 5.53. The molecule has 0 saturated carbocycles. The van der Waals surface area contributed by atoms with Gasteiger partial charge in [0, 0.05) is 6.54 Å². The topological polar surface area (TPSA) is 140 Å². The van der Waals surface area contributed by atoms with Gasteiger partial charge >= 0.3 is 6.09 Å². The fourth-order valence-electron chi connectivity index (χ4n) is 2.72. The Bertz CT molecular complexity index is 478. The summed E-state index contributed by atoms with van der Waals surface area (Å²) in [4.78, 5) is 26.1. The number of hydrogen-bond acceptors (Lipinski definition) is 7. The number of amides is 2. The van der Waals surface area contributed by atoms with E-state index in [2.05, 4.69) is 5.32 Å². The third-order valence-corrected chi connectivity index (χ3v) is 3.93. The lowest BCUT2D eigenvalue weighted by atomic mass is 9.93. The Labute approximate surface area is 147 Å². The largest absolute Gasteiger partial charge is 0.444 e. The number of hydrogen-bond donors (Lipinski definition) is 5. The van der Waals surface area contributed by atoms with E-state index < -0.39 is 54.6 Å². The summed E-state index contributed by atoms with van der Waals surface area (Å²) in [6.07, 6.45) is -5.50. The highest BCUT2D eigenvalue weighted by molar-refractivity contribution is 5.87. The minimum Gasteiger partial charge on any atom is -0.444 e. The Balaban J connectivity index is 3.01. The molecule has 2 amide bonds.